The third-order valence-corrected chi connectivity index (χ3v) is 1.74. The molecule has 0 spiro atoms. The first-order valence-corrected chi connectivity index (χ1v) is 4.67. The van der Waals surface area contributed by atoms with Gasteiger partial charge in [0.1, 0.15) is 0 Å². The zero-order valence-corrected chi connectivity index (χ0v) is 11.7. The quantitative estimate of drug-likeness (QED) is 0.545. The first kappa shape index (κ1) is 18.4. The van der Waals surface area contributed by atoms with Crippen LogP contribution in [-0.4, -0.2) is 0 Å². The second-order valence-corrected chi connectivity index (χ2v) is 2.87. The van der Waals surface area contributed by atoms with Gasteiger partial charge < -0.3 is 29.4 Å². The van der Waals surface area contributed by atoms with Crippen LogP contribution in [0.4, 0.5) is 11.4 Å². The highest BCUT2D eigenvalue weighted by atomic mass is 79.9. The van der Waals surface area contributed by atoms with E-state index in [2.05, 4.69) is 9.95 Å². The number of hydrogen-bond acceptors (Lipinski definition) is 2. The summed E-state index contributed by atoms with van der Waals surface area (Å²) in [6.45, 7) is 0. The van der Waals surface area contributed by atoms with Crippen molar-refractivity contribution in [2.75, 3.05) is 0 Å². The van der Waals surface area contributed by atoms with Crippen LogP contribution in [0.5, 0.6) is 0 Å². The Morgan fingerprint density at radius 2 is 0.889 bits per heavy atom. The number of benzene rings is 2. The zero-order chi connectivity index (χ0) is 11.6. The summed E-state index contributed by atoms with van der Waals surface area (Å²) in [4.78, 5) is 5.94. The van der Waals surface area contributed by atoms with Crippen LogP contribution in [0.25, 0.3) is 9.95 Å². The normalized spacial score (nSPS) is 7.00. The monoisotopic (exact) mass is 324 g/mol. The largest absolute Gasteiger partial charge is 1.00 e. The summed E-state index contributed by atoms with van der Waals surface area (Å²) in [6.07, 6.45) is 0. The van der Waals surface area contributed by atoms with Crippen molar-refractivity contribution in [1.29, 1.82) is 10.8 Å². The van der Waals surface area contributed by atoms with E-state index >= 15 is 0 Å². The van der Waals surface area contributed by atoms with Gasteiger partial charge >= 0.3 is 11.4 Å². The van der Waals surface area contributed by atoms with Gasteiger partial charge in [-0.25, -0.2) is 0 Å². The molecule has 0 aromatic heterocycles. The van der Waals surface area contributed by atoms with Crippen molar-refractivity contribution < 1.29 is 29.4 Å². The lowest BCUT2D eigenvalue weighted by atomic mass is 10.3. The van der Waals surface area contributed by atoms with E-state index in [1.165, 1.54) is 0 Å². The Morgan fingerprint density at radius 3 is 1.06 bits per heavy atom. The van der Waals surface area contributed by atoms with Crippen LogP contribution in [0.3, 0.4) is 0 Å². The van der Waals surface area contributed by atoms with Crippen LogP contribution in [0.2, 0.25) is 0 Å². The highest BCUT2D eigenvalue weighted by molar-refractivity contribution is 5.42. The van der Waals surface area contributed by atoms with Gasteiger partial charge in [0.2, 0.25) is 10.8 Å². The van der Waals surface area contributed by atoms with Crippen molar-refractivity contribution in [2.45, 2.75) is 0 Å². The third kappa shape index (κ3) is 7.34. The van der Waals surface area contributed by atoms with Crippen molar-refractivity contribution in [3.8, 4) is 0 Å². The molecule has 0 bridgehead atoms. The highest BCUT2D eigenvalue weighted by Crippen LogP contribution is 2.08. The Kier molecular flexibility index (Phi) is 11.8. The Balaban J connectivity index is 0. The lowest BCUT2D eigenvalue weighted by Gasteiger charge is -1.69. The summed E-state index contributed by atoms with van der Waals surface area (Å²) in [5.41, 5.74) is 1.18. The Labute approximate surface area is 122 Å². The maximum atomic E-state index is 8.16. The SMILES string of the molecule is N#[N+]c1ccccc1.N#[N+]c1ccccc1.[Br-].[Cl-]. The second-order valence-electron chi connectivity index (χ2n) is 2.87. The van der Waals surface area contributed by atoms with Gasteiger partial charge in [0.05, 0.1) is 0 Å². The Bertz CT molecular complexity index is 456. The zero-order valence-electron chi connectivity index (χ0n) is 9.32. The molecule has 18 heavy (non-hydrogen) atoms. The van der Waals surface area contributed by atoms with Crippen molar-refractivity contribution >= 4 is 11.4 Å². The molecular weight excluding hydrogens is 316 g/mol. The van der Waals surface area contributed by atoms with E-state index in [1.807, 2.05) is 36.4 Å². The topological polar surface area (TPSA) is 56.3 Å². The van der Waals surface area contributed by atoms with E-state index in [-0.39, 0.29) is 29.4 Å². The van der Waals surface area contributed by atoms with Crippen molar-refractivity contribution in [3.63, 3.8) is 0 Å². The van der Waals surface area contributed by atoms with Crippen LogP contribution in [0, 0.1) is 10.8 Å². The minimum Gasteiger partial charge on any atom is -1.00 e. The molecule has 92 valence electrons. The molecule has 2 aromatic carbocycles. The molecule has 0 N–H and O–H groups in total. The molecule has 0 heterocycles. The van der Waals surface area contributed by atoms with Crippen molar-refractivity contribution in [2.24, 2.45) is 0 Å². The van der Waals surface area contributed by atoms with E-state index < -0.39 is 0 Å². The molecule has 0 atom stereocenters. The molecule has 0 saturated heterocycles. The maximum Gasteiger partial charge on any atom is 0.385 e. The Hall–Kier alpha value is -1.95. The van der Waals surface area contributed by atoms with Crippen LogP contribution < -0.4 is 29.4 Å². The molecule has 0 amide bonds. The fourth-order valence-corrected chi connectivity index (χ4v) is 0.989. The second kappa shape index (κ2) is 11.5. The van der Waals surface area contributed by atoms with Gasteiger partial charge in [-0.3, -0.25) is 0 Å². The molecule has 2 aromatic rings. The number of diazo groups is 2. The van der Waals surface area contributed by atoms with Crippen LogP contribution >= 0.6 is 0 Å². The molecular formula is C12H10BrClN4. The van der Waals surface area contributed by atoms with E-state index in [4.69, 9.17) is 10.8 Å². The van der Waals surface area contributed by atoms with E-state index in [9.17, 15) is 0 Å². The molecule has 0 aliphatic rings. The summed E-state index contributed by atoms with van der Waals surface area (Å²) < 4.78 is 0. The number of hydrogen-bond donors (Lipinski definition) is 0. The Morgan fingerprint density at radius 1 is 0.611 bits per heavy atom. The van der Waals surface area contributed by atoms with Crippen LogP contribution in [-0.2, 0) is 0 Å². The standard InChI is InChI=1S/2C6H5N2.BrH.ClH/c2*7-8-6-4-2-1-3-5-6;;/h2*1-5H;2*1H/q2*+1;;/p-2. The number of nitrogens with zero attached hydrogens (tertiary/aromatic N) is 4. The summed E-state index contributed by atoms with van der Waals surface area (Å²) in [7, 11) is 0. The van der Waals surface area contributed by atoms with Gasteiger partial charge in [-0.15, -0.1) is 0 Å². The van der Waals surface area contributed by atoms with Gasteiger partial charge in [-0.2, -0.15) is 0 Å². The van der Waals surface area contributed by atoms with Gasteiger partial charge in [-0.05, 0) is 0 Å². The maximum absolute atomic E-state index is 8.16. The molecule has 4 nitrogen and oxygen atoms in total. The van der Waals surface area contributed by atoms with Crippen LogP contribution in [0.1, 0.15) is 0 Å². The van der Waals surface area contributed by atoms with E-state index in [0.29, 0.717) is 11.4 Å². The lowest BCUT2D eigenvalue weighted by molar-refractivity contribution is -0.00100. The summed E-state index contributed by atoms with van der Waals surface area (Å²) >= 11 is 0. The summed E-state index contributed by atoms with van der Waals surface area (Å²) in [5, 5.41) is 16.3. The van der Waals surface area contributed by atoms with Gasteiger partial charge in [-0.1, -0.05) is 36.4 Å². The minimum absolute atomic E-state index is 0. The van der Waals surface area contributed by atoms with Crippen molar-refractivity contribution in [1.82, 2.24) is 0 Å². The van der Waals surface area contributed by atoms with Crippen molar-refractivity contribution in [3.05, 3.63) is 70.6 Å². The molecule has 2 rings (SSSR count). The van der Waals surface area contributed by atoms with Crippen LogP contribution in [0.15, 0.2) is 60.7 Å². The molecule has 0 fully saturated rings. The first-order valence-electron chi connectivity index (χ1n) is 4.67. The first-order chi connectivity index (χ1) is 7.86. The smallest absolute Gasteiger partial charge is 0.385 e. The third-order valence-electron chi connectivity index (χ3n) is 1.74. The lowest BCUT2D eigenvalue weighted by Crippen LogP contribution is -3.00. The predicted molar refractivity (Wildman–Crippen MR) is 62.4 cm³/mol. The van der Waals surface area contributed by atoms with E-state index in [1.54, 1.807) is 24.3 Å². The molecule has 0 unspecified atom stereocenters. The summed E-state index contributed by atoms with van der Waals surface area (Å²) in [6, 6.07) is 17.9. The van der Waals surface area contributed by atoms with Gasteiger partial charge in [0.25, 0.3) is 0 Å². The fraction of sp³-hybridized carbons (Fsp3) is 0. The average molecular weight is 326 g/mol. The van der Waals surface area contributed by atoms with Gasteiger partial charge in [0.15, 0.2) is 9.95 Å². The molecule has 0 radical (unpaired) electrons. The number of rotatable bonds is 0. The molecule has 0 saturated carbocycles. The molecule has 6 heteroatoms. The van der Waals surface area contributed by atoms with E-state index in [0.717, 1.165) is 0 Å². The molecule has 0 aliphatic carbocycles. The highest BCUT2D eigenvalue weighted by Gasteiger charge is 1.96. The average Bonchev–Trinajstić information content (AvgIpc) is 2.41. The minimum atomic E-state index is 0. The molecule has 0 aliphatic heterocycles. The fourth-order valence-electron chi connectivity index (χ4n) is 0.989. The summed E-state index contributed by atoms with van der Waals surface area (Å²) in [5.74, 6) is 0. The van der Waals surface area contributed by atoms with Gasteiger partial charge in [0, 0.05) is 24.3 Å². The number of halogens is 2. The predicted octanol–water partition coefficient (Wildman–Crippen LogP) is -1.65.